The van der Waals surface area contributed by atoms with Crippen molar-refractivity contribution in [3.63, 3.8) is 0 Å². The van der Waals surface area contributed by atoms with Crippen molar-refractivity contribution in [2.45, 2.75) is 31.6 Å². The number of aromatic nitrogens is 2. The number of carbonyl (C=O) groups is 1. The number of hydrogen-bond acceptors (Lipinski definition) is 5. The first-order valence-electron chi connectivity index (χ1n) is 5.91. The second-order valence-electron chi connectivity index (χ2n) is 3.90. The number of hydrogen-bond donors (Lipinski definition) is 1. The standard InChI is InChI=1S/C11H18ClN3O2S/c1-3-4-9-10(18-15-14-9)11(16)13-6-5-8(12)7-17-2/h8H,3-7H2,1-2H3,(H,13,16). The average molecular weight is 292 g/mol. The third kappa shape index (κ3) is 4.88. The fraction of sp³-hybridized carbons (Fsp3) is 0.727. The van der Waals surface area contributed by atoms with Gasteiger partial charge in [0.25, 0.3) is 5.91 Å². The molecule has 1 unspecified atom stereocenters. The molecule has 1 aromatic heterocycles. The molecule has 0 fully saturated rings. The van der Waals surface area contributed by atoms with Gasteiger partial charge in [-0.3, -0.25) is 4.79 Å². The summed E-state index contributed by atoms with van der Waals surface area (Å²) >= 11 is 7.11. The smallest absolute Gasteiger partial charge is 0.264 e. The zero-order valence-corrected chi connectivity index (χ0v) is 12.2. The second-order valence-corrected chi connectivity index (χ2v) is 5.27. The Morgan fingerprint density at radius 1 is 1.61 bits per heavy atom. The topological polar surface area (TPSA) is 64.1 Å². The van der Waals surface area contributed by atoms with Gasteiger partial charge in [-0.25, -0.2) is 0 Å². The Hall–Kier alpha value is -0.720. The predicted octanol–water partition coefficient (Wildman–Crippen LogP) is 1.86. The van der Waals surface area contributed by atoms with Crippen LogP contribution in [0.2, 0.25) is 0 Å². The molecule has 1 atom stereocenters. The van der Waals surface area contributed by atoms with Gasteiger partial charge in [0.1, 0.15) is 4.88 Å². The van der Waals surface area contributed by atoms with E-state index in [1.54, 1.807) is 7.11 Å². The summed E-state index contributed by atoms with van der Waals surface area (Å²) in [6, 6.07) is 0. The molecule has 0 spiro atoms. The van der Waals surface area contributed by atoms with Crippen LogP contribution < -0.4 is 5.32 Å². The lowest BCUT2D eigenvalue weighted by Gasteiger charge is -2.08. The summed E-state index contributed by atoms with van der Waals surface area (Å²) in [6.07, 6.45) is 2.40. The molecule has 5 nitrogen and oxygen atoms in total. The lowest BCUT2D eigenvalue weighted by molar-refractivity contribution is 0.0954. The van der Waals surface area contributed by atoms with E-state index in [4.69, 9.17) is 16.3 Å². The number of rotatable bonds is 8. The summed E-state index contributed by atoms with van der Waals surface area (Å²) < 4.78 is 8.74. The van der Waals surface area contributed by atoms with Crippen molar-refractivity contribution in [1.82, 2.24) is 14.9 Å². The average Bonchev–Trinajstić information content (AvgIpc) is 2.78. The number of amides is 1. The van der Waals surface area contributed by atoms with Crippen LogP contribution in [-0.4, -0.2) is 41.1 Å². The van der Waals surface area contributed by atoms with E-state index in [0.717, 1.165) is 30.1 Å². The molecule has 18 heavy (non-hydrogen) atoms. The van der Waals surface area contributed by atoms with Crippen molar-refractivity contribution >= 4 is 29.0 Å². The summed E-state index contributed by atoms with van der Waals surface area (Å²) in [5, 5.41) is 6.71. The van der Waals surface area contributed by atoms with Crippen LogP contribution in [0.4, 0.5) is 0 Å². The molecule has 1 N–H and O–H groups in total. The highest BCUT2D eigenvalue weighted by atomic mass is 35.5. The molecule has 1 rings (SSSR count). The molecular weight excluding hydrogens is 274 g/mol. The van der Waals surface area contributed by atoms with E-state index in [-0.39, 0.29) is 11.3 Å². The Kier molecular flexibility index (Phi) is 7.15. The molecule has 0 aliphatic carbocycles. The quantitative estimate of drug-likeness (QED) is 0.743. The van der Waals surface area contributed by atoms with E-state index in [0.29, 0.717) is 24.4 Å². The molecule has 0 aliphatic rings. The van der Waals surface area contributed by atoms with E-state index >= 15 is 0 Å². The van der Waals surface area contributed by atoms with Crippen molar-refractivity contribution in [1.29, 1.82) is 0 Å². The number of nitrogens with one attached hydrogen (secondary N) is 1. The summed E-state index contributed by atoms with van der Waals surface area (Å²) in [7, 11) is 1.61. The number of methoxy groups -OCH3 is 1. The van der Waals surface area contributed by atoms with Crippen LogP contribution in [0, 0.1) is 0 Å². The Morgan fingerprint density at radius 2 is 2.39 bits per heavy atom. The molecule has 0 saturated carbocycles. The predicted molar refractivity (Wildman–Crippen MR) is 72.4 cm³/mol. The number of aryl methyl sites for hydroxylation is 1. The fourth-order valence-electron chi connectivity index (χ4n) is 1.47. The van der Waals surface area contributed by atoms with Crippen molar-refractivity contribution in [3.8, 4) is 0 Å². The number of ether oxygens (including phenoxy) is 1. The maximum Gasteiger partial charge on any atom is 0.264 e. The number of alkyl halides is 1. The number of nitrogens with zero attached hydrogens (tertiary/aromatic N) is 2. The van der Waals surface area contributed by atoms with Crippen molar-refractivity contribution in [2.75, 3.05) is 20.3 Å². The third-order valence-electron chi connectivity index (χ3n) is 2.34. The fourth-order valence-corrected chi connectivity index (χ4v) is 2.33. The molecule has 0 radical (unpaired) electrons. The molecule has 1 heterocycles. The minimum Gasteiger partial charge on any atom is -0.383 e. The molecule has 0 saturated heterocycles. The van der Waals surface area contributed by atoms with Gasteiger partial charge < -0.3 is 10.1 Å². The summed E-state index contributed by atoms with van der Waals surface area (Å²) in [4.78, 5) is 12.5. The van der Waals surface area contributed by atoms with Crippen LogP contribution >= 0.6 is 23.1 Å². The normalized spacial score (nSPS) is 12.4. The van der Waals surface area contributed by atoms with E-state index in [9.17, 15) is 4.79 Å². The van der Waals surface area contributed by atoms with Gasteiger partial charge in [0.15, 0.2) is 0 Å². The minimum absolute atomic E-state index is 0.0787. The highest BCUT2D eigenvalue weighted by Gasteiger charge is 2.15. The van der Waals surface area contributed by atoms with Crippen LogP contribution in [0.3, 0.4) is 0 Å². The summed E-state index contributed by atoms with van der Waals surface area (Å²) in [6.45, 7) is 3.06. The second kappa shape index (κ2) is 8.39. The summed E-state index contributed by atoms with van der Waals surface area (Å²) in [5.74, 6) is -0.116. The van der Waals surface area contributed by atoms with E-state index < -0.39 is 0 Å². The van der Waals surface area contributed by atoms with Crippen LogP contribution in [0.15, 0.2) is 0 Å². The van der Waals surface area contributed by atoms with Crippen molar-refractivity contribution < 1.29 is 9.53 Å². The highest BCUT2D eigenvalue weighted by molar-refractivity contribution is 7.08. The van der Waals surface area contributed by atoms with E-state index in [2.05, 4.69) is 14.9 Å². The maximum absolute atomic E-state index is 11.9. The first-order chi connectivity index (χ1) is 8.69. The zero-order valence-electron chi connectivity index (χ0n) is 10.6. The minimum atomic E-state index is -0.116. The summed E-state index contributed by atoms with van der Waals surface area (Å²) in [5.41, 5.74) is 0.777. The molecular formula is C11H18ClN3O2S. The maximum atomic E-state index is 11.9. The molecule has 1 amide bonds. The van der Waals surface area contributed by atoms with Crippen molar-refractivity contribution in [3.05, 3.63) is 10.6 Å². The van der Waals surface area contributed by atoms with Gasteiger partial charge in [0.2, 0.25) is 0 Å². The van der Waals surface area contributed by atoms with Gasteiger partial charge in [0.05, 0.1) is 17.7 Å². The number of carbonyl (C=O) groups excluding carboxylic acids is 1. The van der Waals surface area contributed by atoms with Crippen LogP contribution in [0.5, 0.6) is 0 Å². The lowest BCUT2D eigenvalue weighted by atomic mass is 10.2. The van der Waals surface area contributed by atoms with Crippen LogP contribution in [0.25, 0.3) is 0 Å². The molecule has 0 aliphatic heterocycles. The SMILES string of the molecule is CCCc1nnsc1C(=O)NCCC(Cl)COC. The Morgan fingerprint density at radius 3 is 3.06 bits per heavy atom. The zero-order chi connectivity index (χ0) is 13.4. The molecule has 0 aromatic carbocycles. The van der Waals surface area contributed by atoms with Crippen LogP contribution in [0.1, 0.15) is 35.1 Å². The van der Waals surface area contributed by atoms with Gasteiger partial charge >= 0.3 is 0 Å². The largest absolute Gasteiger partial charge is 0.383 e. The van der Waals surface area contributed by atoms with Gasteiger partial charge in [0, 0.05) is 13.7 Å². The molecule has 7 heteroatoms. The van der Waals surface area contributed by atoms with E-state index in [1.165, 1.54) is 0 Å². The van der Waals surface area contributed by atoms with Crippen molar-refractivity contribution in [2.24, 2.45) is 0 Å². The van der Waals surface area contributed by atoms with E-state index in [1.807, 2.05) is 6.92 Å². The highest BCUT2D eigenvalue weighted by Crippen LogP contribution is 2.12. The lowest BCUT2D eigenvalue weighted by Crippen LogP contribution is -2.27. The Labute approximate surface area is 116 Å². The molecule has 102 valence electrons. The molecule has 0 bridgehead atoms. The Bertz CT molecular complexity index is 373. The van der Waals surface area contributed by atoms with Gasteiger partial charge in [-0.2, -0.15) is 0 Å². The monoisotopic (exact) mass is 291 g/mol. The first-order valence-corrected chi connectivity index (χ1v) is 7.12. The number of halogens is 1. The Balaban J connectivity index is 2.38. The first kappa shape index (κ1) is 15.3. The van der Waals surface area contributed by atoms with Crippen LogP contribution in [-0.2, 0) is 11.2 Å². The van der Waals surface area contributed by atoms with Gasteiger partial charge in [-0.1, -0.05) is 17.8 Å². The van der Waals surface area contributed by atoms with Gasteiger partial charge in [-0.05, 0) is 24.4 Å². The van der Waals surface area contributed by atoms with Gasteiger partial charge in [-0.15, -0.1) is 16.7 Å². The third-order valence-corrected chi connectivity index (χ3v) is 3.45. The molecule has 1 aromatic rings.